The van der Waals surface area contributed by atoms with Crippen molar-refractivity contribution in [2.75, 3.05) is 18.6 Å². The number of carbonyl (C=O) groups excluding carboxylic acids is 1. The molecule has 120 valence electrons. The van der Waals surface area contributed by atoms with Crippen LogP contribution in [0.1, 0.15) is 5.69 Å². The Kier molecular flexibility index (Phi) is 4.63. The zero-order valence-corrected chi connectivity index (χ0v) is 14.1. The van der Waals surface area contributed by atoms with Gasteiger partial charge in [0.15, 0.2) is 5.16 Å². The highest BCUT2D eigenvalue weighted by Gasteiger charge is 2.22. The van der Waals surface area contributed by atoms with Crippen molar-refractivity contribution in [3.63, 3.8) is 0 Å². The highest BCUT2D eigenvalue weighted by atomic mass is 32.2. The lowest BCUT2D eigenvalue weighted by Crippen LogP contribution is -2.24. The van der Waals surface area contributed by atoms with Crippen molar-refractivity contribution in [3.05, 3.63) is 40.3 Å². The van der Waals surface area contributed by atoms with Crippen molar-refractivity contribution in [2.24, 2.45) is 5.73 Å². The van der Waals surface area contributed by atoms with E-state index in [1.165, 1.54) is 28.1 Å². The first-order chi connectivity index (χ1) is 11.1. The van der Waals surface area contributed by atoms with E-state index in [1.54, 1.807) is 31.4 Å². The molecule has 0 aliphatic carbocycles. The van der Waals surface area contributed by atoms with Crippen LogP contribution in [-0.4, -0.2) is 34.1 Å². The van der Waals surface area contributed by atoms with E-state index in [9.17, 15) is 9.59 Å². The summed E-state index contributed by atoms with van der Waals surface area (Å²) in [5.74, 6) is 1.19. The third kappa shape index (κ3) is 3.23. The molecule has 0 bridgehead atoms. The fourth-order valence-corrected chi connectivity index (χ4v) is 4.08. The molecule has 0 saturated heterocycles. The number of nitrogens with two attached hydrogens (primary N) is 1. The number of hydrogen-bond acceptors (Lipinski definition) is 6. The third-order valence-corrected chi connectivity index (χ3v) is 5.41. The van der Waals surface area contributed by atoms with Gasteiger partial charge in [0.25, 0.3) is 5.56 Å². The maximum Gasteiger partial charge on any atom is 0.272 e. The lowest BCUT2D eigenvalue weighted by atomic mass is 10.3. The van der Waals surface area contributed by atoms with Gasteiger partial charge in [-0.2, -0.15) is 0 Å². The topological polar surface area (TPSA) is 87.2 Å². The number of thioether (sulfide) groups is 2. The molecule has 1 amide bonds. The standard InChI is InChI=1S/C15H15N3O3S2/c1-21-10-4-2-9(3-5-10)18-14(20)13-11(6-7-22-13)17-15(18)23-8-12(16)19/h2-5H,6-8H2,1H3,(H2,16,19). The van der Waals surface area contributed by atoms with Crippen molar-refractivity contribution in [3.8, 4) is 11.4 Å². The van der Waals surface area contributed by atoms with Gasteiger partial charge >= 0.3 is 0 Å². The quantitative estimate of drug-likeness (QED) is 0.650. The summed E-state index contributed by atoms with van der Waals surface area (Å²) in [5, 5.41) is 0.486. The normalized spacial score (nSPS) is 12.9. The number of benzene rings is 1. The fraction of sp³-hybridized carbons (Fsp3) is 0.267. The van der Waals surface area contributed by atoms with Gasteiger partial charge in [-0.25, -0.2) is 4.98 Å². The summed E-state index contributed by atoms with van der Waals surface area (Å²) < 4.78 is 6.68. The Hall–Kier alpha value is -1.93. The first kappa shape index (κ1) is 15.9. The zero-order chi connectivity index (χ0) is 16.4. The molecule has 0 radical (unpaired) electrons. The van der Waals surface area contributed by atoms with Gasteiger partial charge in [0.2, 0.25) is 5.91 Å². The Balaban J connectivity index is 2.11. The Morgan fingerprint density at radius 3 is 2.83 bits per heavy atom. The van der Waals surface area contributed by atoms with Crippen LogP contribution >= 0.6 is 23.5 Å². The minimum atomic E-state index is -0.444. The van der Waals surface area contributed by atoms with Crippen LogP contribution in [0.5, 0.6) is 5.75 Å². The van der Waals surface area contributed by atoms with Gasteiger partial charge in [0.05, 0.1) is 29.1 Å². The maximum atomic E-state index is 12.8. The number of ether oxygens (including phenoxy) is 1. The van der Waals surface area contributed by atoms with Gasteiger partial charge in [-0.1, -0.05) is 11.8 Å². The van der Waals surface area contributed by atoms with E-state index in [-0.39, 0.29) is 11.3 Å². The highest BCUT2D eigenvalue weighted by Crippen LogP contribution is 2.30. The van der Waals surface area contributed by atoms with Crippen molar-refractivity contribution < 1.29 is 9.53 Å². The molecule has 6 nitrogen and oxygen atoms in total. The molecule has 2 N–H and O–H groups in total. The second-order valence-corrected chi connectivity index (χ2v) is 6.91. The summed E-state index contributed by atoms with van der Waals surface area (Å²) >= 11 is 2.70. The van der Waals surface area contributed by atoms with Gasteiger partial charge in [0.1, 0.15) is 5.75 Å². The van der Waals surface area contributed by atoms with E-state index in [0.29, 0.717) is 21.5 Å². The Labute approximate surface area is 141 Å². The van der Waals surface area contributed by atoms with Crippen LogP contribution in [0.15, 0.2) is 39.1 Å². The van der Waals surface area contributed by atoms with Crippen molar-refractivity contribution in [1.29, 1.82) is 0 Å². The van der Waals surface area contributed by atoms with Crippen LogP contribution in [0.4, 0.5) is 0 Å². The zero-order valence-electron chi connectivity index (χ0n) is 12.4. The third-order valence-electron chi connectivity index (χ3n) is 3.34. The number of carbonyl (C=O) groups is 1. The summed E-state index contributed by atoms with van der Waals surface area (Å²) in [7, 11) is 1.59. The molecular formula is C15H15N3O3S2. The molecule has 1 aromatic heterocycles. The van der Waals surface area contributed by atoms with Crippen LogP contribution in [0.2, 0.25) is 0 Å². The number of methoxy groups -OCH3 is 1. The van der Waals surface area contributed by atoms with Crippen LogP contribution < -0.4 is 16.0 Å². The second-order valence-electron chi connectivity index (χ2n) is 4.86. The molecule has 8 heteroatoms. The van der Waals surface area contributed by atoms with Crippen LogP contribution in [-0.2, 0) is 11.2 Å². The van der Waals surface area contributed by atoms with E-state index >= 15 is 0 Å². The van der Waals surface area contributed by atoms with E-state index < -0.39 is 5.91 Å². The molecular weight excluding hydrogens is 334 g/mol. The van der Waals surface area contributed by atoms with E-state index in [0.717, 1.165) is 17.9 Å². The van der Waals surface area contributed by atoms with Crippen molar-refractivity contribution in [1.82, 2.24) is 9.55 Å². The second kappa shape index (κ2) is 6.67. The summed E-state index contributed by atoms with van der Waals surface area (Å²) in [6.07, 6.45) is 0.767. The van der Waals surface area contributed by atoms with Gasteiger partial charge in [0, 0.05) is 12.2 Å². The molecule has 0 atom stereocenters. The summed E-state index contributed by atoms with van der Waals surface area (Å²) in [6.45, 7) is 0. The average Bonchev–Trinajstić information content (AvgIpc) is 3.02. The number of aryl methyl sites for hydroxylation is 1. The average molecular weight is 349 g/mol. The molecule has 2 heterocycles. The van der Waals surface area contributed by atoms with E-state index in [4.69, 9.17) is 10.5 Å². The van der Waals surface area contributed by atoms with E-state index in [1.807, 2.05) is 0 Å². The smallest absolute Gasteiger partial charge is 0.272 e. The van der Waals surface area contributed by atoms with Crippen molar-refractivity contribution in [2.45, 2.75) is 16.5 Å². The van der Waals surface area contributed by atoms with Gasteiger partial charge < -0.3 is 10.5 Å². The molecule has 23 heavy (non-hydrogen) atoms. The lowest BCUT2D eigenvalue weighted by Gasteiger charge is -2.13. The monoisotopic (exact) mass is 349 g/mol. The Morgan fingerprint density at radius 2 is 2.17 bits per heavy atom. The minimum absolute atomic E-state index is 0.0779. The Morgan fingerprint density at radius 1 is 1.43 bits per heavy atom. The number of rotatable bonds is 5. The number of hydrogen-bond donors (Lipinski definition) is 1. The summed E-state index contributed by atoms with van der Waals surface area (Å²) in [6, 6.07) is 7.15. The van der Waals surface area contributed by atoms with Gasteiger partial charge in [-0.15, -0.1) is 11.8 Å². The molecule has 1 aliphatic heterocycles. The predicted octanol–water partition coefficient (Wildman–Crippen LogP) is 1.47. The molecule has 3 rings (SSSR count). The number of amides is 1. The van der Waals surface area contributed by atoms with Crippen LogP contribution in [0.3, 0.4) is 0 Å². The molecule has 1 aliphatic rings. The van der Waals surface area contributed by atoms with Crippen LogP contribution in [0.25, 0.3) is 5.69 Å². The minimum Gasteiger partial charge on any atom is -0.497 e. The first-order valence-electron chi connectivity index (χ1n) is 6.94. The molecule has 2 aromatic rings. The summed E-state index contributed by atoms with van der Waals surface area (Å²) in [5.41, 5.74) is 6.61. The highest BCUT2D eigenvalue weighted by molar-refractivity contribution is 8.00. The predicted molar refractivity (Wildman–Crippen MR) is 90.7 cm³/mol. The molecule has 0 spiro atoms. The van der Waals surface area contributed by atoms with Gasteiger partial charge in [-0.05, 0) is 24.3 Å². The fourth-order valence-electron chi connectivity index (χ4n) is 2.28. The number of fused-ring (bicyclic) bond motifs is 1. The number of aromatic nitrogens is 2. The molecule has 1 aromatic carbocycles. The first-order valence-corrected chi connectivity index (χ1v) is 8.91. The molecule has 0 unspecified atom stereocenters. The van der Waals surface area contributed by atoms with E-state index in [2.05, 4.69) is 4.98 Å². The SMILES string of the molecule is COc1ccc(-n2c(SCC(N)=O)nc3c(c2=O)SCC3)cc1. The summed E-state index contributed by atoms with van der Waals surface area (Å²) in [4.78, 5) is 29.2. The van der Waals surface area contributed by atoms with Gasteiger partial charge in [-0.3, -0.25) is 14.2 Å². The molecule has 0 saturated carbocycles. The molecule has 0 fully saturated rings. The number of primary amides is 1. The Bertz CT molecular complexity index is 803. The largest absolute Gasteiger partial charge is 0.497 e. The van der Waals surface area contributed by atoms with Crippen LogP contribution in [0, 0.1) is 0 Å². The lowest BCUT2D eigenvalue weighted by molar-refractivity contribution is -0.115. The maximum absolute atomic E-state index is 12.8. The van der Waals surface area contributed by atoms with Crippen molar-refractivity contribution >= 4 is 29.4 Å². The number of nitrogens with zero attached hydrogens (tertiary/aromatic N) is 2.